The molecular formula is C17H17N3O5S2. The van der Waals surface area contributed by atoms with Crippen molar-refractivity contribution in [2.45, 2.75) is 13.8 Å². The lowest BCUT2D eigenvalue weighted by Crippen LogP contribution is -2.35. The Balaban J connectivity index is 1.98. The number of carbonyl (C=O) groups excluding carboxylic acids is 1. The van der Waals surface area contributed by atoms with Crippen molar-refractivity contribution in [1.82, 2.24) is 4.90 Å². The molecule has 3 rings (SSSR count). The van der Waals surface area contributed by atoms with Gasteiger partial charge in [-0.15, -0.1) is 0 Å². The van der Waals surface area contributed by atoms with Gasteiger partial charge in [-0.1, -0.05) is 17.8 Å². The van der Waals surface area contributed by atoms with Crippen LogP contribution in [0, 0.1) is 5.41 Å². The summed E-state index contributed by atoms with van der Waals surface area (Å²) in [5.74, 6) is -0.190. The Morgan fingerprint density at radius 3 is 2.74 bits per heavy atom. The highest BCUT2D eigenvalue weighted by molar-refractivity contribution is 8.17. The standard InChI is InChI=1S/C17H17N3O5S2/c1-4-24-14-8-11(5-6-13(14)25-27(3,22)23)7-12-15(18)20-9-10(2)26-17(20)19-16(12)21/h5-9,18H,4H2,1-3H3/b12-7+,18-15?. The number of allylic oxidation sites excluding steroid dienone is 1. The topological polar surface area (TPSA) is 109 Å². The molecule has 1 amide bonds. The molecule has 0 saturated carbocycles. The van der Waals surface area contributed by atoms with Gasteiger partial charge in [0.1, 0.15) is 5.84 Å². The molecule has 10 heteroatoms. The summed E-state index contributed by atoms with van der Waals surface area (Å²) in [6.45, 7) is 3.94. The monoisotopic (exact) mass is 407 g/mol. The largest absolute Gasteiger partial charge is 0.490 e. The Bertz CT molecular complexity index is 1030. The van der Waals surface area contributed by atoms with Gasteiger partial charge in [0.2, 0.25) is 0 Å². The summed E-state index contributed by atoms with van der Waals surface area (Å²) in [6, 6.07) is 4.58. The number of aliphatic imine (C=N–C) groups is 1. The van der Waals surface area contributed by atoms with Gasteiger partial charge in [0.05, 0.1) is 18.4 Å². The Hall–Kier alpha value is -2.59. The summed E-state index contributed by atoms with van der Waals surface area (Å²) >= 11 is 1.34. The fraction of sp³-hybridized carbons (Fsp3) is 0.235. The van der Waals surface area contributed by atoms with E-state index in [1.807, 2.05) is 6.92 Å². The van der Waals surface area contributed by atoms with Crippen LogP contribution in [0.2, 0.25) is 0 Å². The maximum atomic E-state index is 12.3. The summed E-state index contributed by atoms with van der Waals surface area (Å²) in [7, 11) is -3.71. The van der Waals surface area contributed by atoms with Crippen LogP contribution in [0.25, 0.3) is 6.08 Å². The normalized spacial score (nSPS) is 18.3. The van der Waals surface area contributed by atoms with E-state index < -0.39 is 16.0 Å². The summed E-state index contributed by atoms with van der Waals surface area (Å²) < 4.78 is 33.1. The van der Waals surface area contributed by atoms with Gasteiger partial charge in [0.25, 0.3) is 5.91 Å². The molecular weight excluding hydrogens is 390 g/mol. The third kappa shape index (κ3) is 4.22. The fourth-order valence-corrected chi connectivity index (χ4v) is 3.76. The molecule has 0 unspecified atom stereocenters. The van der Waals surface area contributed by atoms with E-state index in [1.54, 1.807) is 30.2 Å². The van der Waals surface area contributed by atoms with Crippen molar-refractivity contribution in [3.63, 3.8) is 0 Å². The molecule has 0 spiro atoms. The van der Waals surface area contributed by atoms with E-state index in [2.05, 4.69) is 4.99 Å². The van der Waals surface area contributed by atoms with Crippen LogP contribution in [0.15, 0.2) is 39.9 Å². The summed E-state index contributed by atoms with van der Waals surface area (Å²) in [4.78, 5) is 18.8. The van der Waals surface area contributed by atoms with Crippen molar-refractivity contribution in [2.24, 2.45) is 4.99 Å². The lowest BCUT2D eigenvalue weighted by atomic mass is 10.1. The van der Waals surface area contributed by atoms with Crippen LogP contribution in [0.3, 0.4) is 0 Å². The maximum Gasteiger partial charge on any atom is 0.306 e. The zero-order valence-electron chi connectivity index (χ0n) is 14.8. The Kier molecular flexibility index (Phi) is 5.11. The van der Waals surface area contributed by atoms with Gasteiger partial charge < -0.3 is 8.92 Å². The van der Waals surface area contributed by atoms with Crippen molar-refractivity contribution in [3.8, 4) is 11.5 Å². The smallest absolute Gasteiger partial charge is 0.306 e. The number of fused-ring (bicyclic) bond motifs is 1. The molecule has 0 atom stereocenters. The molecule has 1 N–H and O–H groups in total. The average Bonchev–Trinajstić information content (AvgIpc) is 2.93. The summed E-state index contributed by atoms with van der Waals surface area (Å²) in [6.07, 6.45) is 4.21. The SMILES string of the molecule is CCOc1cc(/C=C2\C(=N)N3C=C(C)SC3=NC2=O)ccc1OS(C)(=O)=O. The van der Waals surface area contributed by atoms with Crippen LogP contribution in [-0.2, 0) is 14.9 Å². The van der Waals surface area contributed by atoms with E-state index in [-0.39, 0.29) is 22.9 Å². The van der Waals surface area contributed by atoms with Crippen molar-refractivity contribution in [2.75, 3.05) is 12.9 Å². The quantitative estimate of drug-likeness (QED) is 0.590. The summed E-state index contributed by atoms with van der Waals surface area (Å²) in [5, 5.41) is 8.77. The molecule has 142 valence electrons. The van der Waals surface area contributed by atoms with Crippen LogP contribution in [-0.4, -0.2) is 43.1 Å². The van der Waals surface area contributed by atoms with Gasteiger partial charge in [-0.2, -0.15) is 13.4 Å². The van der Waals surface area contributed by atoms with Gasteiger partial charge in [-0.3, -0.25) is 15.1 Å². The van der Waals surface area contributed by atoms with Crippen LogP contribution in [0.1, 0.15) is 19.4 Å². The number of amidine groups is 2. The van der Waals surface area contributed by atoms with Crippen molar-refractivity contribution in [3.05, 3.63) is 40.4 Å². The van der Waals surface area contributed by atoms with E-state index in [0.717, 1.165) is 11.2 Å². The van der Waals surface area contributed by atoms with E-state index in [1.165, 1.54) is 23.9 Å². The average molecular weight is 407 g/mol. The molecule has 0 saturated heterocycles. The molecule has 2 aliphatic rings. The number of hydrogen-bond acceptors (Lipinski definition) is 7. The zero-order chi connectivity index (χ0) is 19.8. The number of nitrogens with zero attached hydrogens (tertiary/aromatic N) is 2. The van der Waals surface area contributed by atoms with Crippen molar-refractivity contribution >= 4 is 44.9 Å². The first-order valence-electron chi connectivity index (χ1n) is 7.93. The molecule has 1 aromatic carbocycles. The minimum atomic E-state index is -3.71. The number of carbonyl (C=O) groups is 1. The number of nitrogens with one attached hydrogen (secondary N) is 1. The van der Waals surface area contributed by atoms with Gasteiger partial charge in [0.15, 0.2) is 16.7 Å². The lowest BCUT2D eigenvalue weighted by molar-refractivity contribution is -0.114. The molecule has 8 nitrogen and oxygen atoms in total. The first-order chi connectivity index (χ1) is 12.7. The lowest BCUT2D eigenvalue weighted by Gasteiger charge is -2.22. The molecule has 27 heavy (non-hydrogen) atoms. The number of benzene rings is 1. The molecule has 2 heterocycles. The number of thioether (sulfide) groups is 1. The second kappa shape index (κ2) is 7.20. The zero-order valence-corrected chi connectivity index (χ0v) is 16.5. The number of ether oxygens (including phenoxy) is 1. The molecule has 0 aromatic heterocycles. The van der Waals surface area contributed by atoms with E-state index in [0.29, 0.717) is 17.3 Å². The highest BCUT2D eigenvalue weighted by Gasteiger charge is 2.32. The van der Waals surface area contributed by atoms with Crippen LogP contribution in [0.5, 0.6) is 11.5 Å². The fourth-order valence-electron chi connectivity index (χ4n) is 2.48. The van der Waals surface area contributed by atoms with E-state index >= 15 is 0 Å². The Morgan fingerprint density at radius 2 is 2.07 bits per heavy atom. The van der Waals surface area contributed by atoms with Crippen LogP contribution < -0.4 is 8.92 Å². The van der Waals surface area contributed by atoms with Gasteiger partial charge in [-0.25, -0.2) is 0 Å². The molecule has 0 fully saturated rings. The summed E-state index contributed by atoms with van der Waals surface area (Å²) in [5.41, 5.74) is 0.683. The first kappa shape index (κ1) is 19.2. The predicted octanol–water partition coefficient (Wildman–Crippen LogP) is 2.59. The van der Waals surface area contributed by atoms with Gasteiger partial charge in [0, 0.05) is 11.1 Å². The Morgan fingerprint density at radius 1 is 1.33 bits per heavy atom. The van der Waals surface area contributed by atoms with Gasteiger partial charge in [-0.05, 0) is 37.6 Å². The third-order valence-electron chi connectivity index (χ3n) is 3.51. The van der Waals surface area contributed by atoms with Crippen LogP contribution >= 0.6 is 11.8 Å². The number of rotatable bonds is 5. The van der Waals surface area contributed by atoms with Crippen LogP contribution in [0.4, 0.5) is 0 Å². The minimum Gasteiger partial charge on any atom is -0.490 e. The van der Waals surface area contributed by atoms with Gasteiger partial charge >= 0.3 is 10.1 Å². The second-order valence-electron chi connectivity index (χ2n) is 5.74. The molecule has 0 bridgehead atoms. The second-order valence-corrected chi connectivity index (χ2v) is 8.53. The van der Waals surface area contributed by atoms with Crippen molar-refractivity contribution < 1.29 is 22.1 Å². The number of amides is 1. The highest BCUT2D eigenvalue weighted by atomic mass is 32.2. The molecule has 2 aliphatic heterocycles. The molecule has 0 radical (unpaired) electrons. The molecule has 1 aromatic rings. The van der Waals surface area contributed by atoms with E-state index in [9.17, 15) is 13.2 Å². The van der Waals surface area contributed by atoms with E-state index in [4.69, 9.17) is 14.3 Å². The van der Waals surface area contributed by atoms with Crippen molar-refractivity contribution in [1.29, 1.82) is 5.41 Å². The first-order valence-corrected chi connectivity index (χ1v) is 10.6. The predicted molar refractivity (Wildman–Crippen MR) is 104 cm³/mol. The number of hydrogen-bond donors (Lipinski definition) is 1. The maximum absolute atomic E-state index is 12.3. The molecule has 0 aliphatic carbocycles. The Labute approximate surface area is 161 Å². The minimum absolute atomic E-state index is 0.0313. The highest BCUT2D eigenvalue weighted by Crippen LogP contribution is 2.34. The third-order valence-corrected chi connectivity index (χ3v) is 4.89.